The Kier molecular flexibility index (Phi) is 4.80. The normalized spacial score (nSPS) is 19.7. The lowest BCUT2D eigenvalue weighted by molar-refractivity contribution is -0.149. The average molecular weight is 292 g/mol. The van der Waals surface area contributed by atoms with Gasteiger partial charge >= 0.3 is 0 Å². The second-order valence-corrected chi connectivity index (χ2v) is 5.41. The van der Waals surface area contributed by atoms with E-state index in [2.05, 4.69) is 36.0 Å². The fourth-order valence-electron chi connectivity index (χ4n) is 2.67. The van der Waals surface area contributed by atoms with Gasteiger partial charge in [-0.1, -0.05) is 0 Å². The monoisotopic (exact) mass is 292 g/mol. The molecule has 1 amide bonds. The predicted molar refractivity (Wildman–Crippen MR) is 82.2 cm³/mol. The topological polar surface area (TPSA) is 57.7 Å². The van der Waals surface area contributed by atoms with Crippen molar-refractivity contribution in [1.29, 1.82) is 0 Å². The van der Waals surface area contributed by atoms with Crippen molar-refractivity contribution in [2.45, 2.75) is 26.8 Å². The summed E-state index contributed by atoms with van der Waals surface area (Å²) in [5.74, 6) is 0.874. The van der Waals surface area contributed by atoms with E-state index in [-0.39, 0.29) is 11.9 Å². The van der Waals surface area contributed by atoms with Gasteiger partial charge in [-0.05, 0) is 37.5 Å². The van der Waals surface area contributed by atoms with Crippen LogP contribution in [-0.2, 0) is 9.63 Å². The molecule has 0 aliphatic carbocycles. The molecule has 2 rings (SSSR count). The van der Waals surface area contributed by atoms with Gasteiger partial charge in [0.15, 0.2) is 0 Å². The van der Waals surface area contributed by atoms with E-state index in [1.165, 1.54) is 11.1 Å². The summed E-state index contributed by atoms with van der Waals surface area (Å²) in [6.07, 6.45) is 1.88. The second kappa shape index (κ2) is 6.41. The van der Waals surface area contributed by atoms with Gasteiger partial charge in [-0.2, -0.15) is 5.06 Å². The van der Waals surface area contributed by atoms with Crippen molar-refractivity contribution in [3.05, 3.63) is 22.9 Å². The summed E-state index contributed by atoms with van der Waals surface area (Å²) >= 11 is 0. The quantitative estimate of drug-likeness (QED) is 0.893. The van der Waals surface area contributed by atoms with Crippen molar-refractivity contribution in [3.63, 3.8) is 0 Å². The minimum Gasteiger partial charge on any atom is -0.357 e. The van der Waals surface area contributed by atoms with Crippen LogP contribution in [0, 0.1) is 20.8 Å². The van der Waals surface area contributed by atoms with Crippen LogP contribution in [0.3, 0.4) is 0 Å². The van der Waals surface area contributed by atoms with E-state index < -0.39 is 0 Å². The number of carbonyl (C=O) groups is 1. The van der Waals surface area contributed by atoms with E-state index in [0.717, 1.165) is 17.9 Å². The van der Waals surface area contributed by atoms with Gasteiger partial charge in [0.1, 0.15) is 11.9 Å². The number of aromatic nitrogens is 1. The smallest absolute Gasteiger partial charge is 0.243 e. The van der Waals surface area contributed by atoms with E-state index in [4.69, 9.17) is 4.84 Å². The fourth-order valence-corrected chi connectivity index (χ4v) is 2.67. The number of anilines is 1. The van der Waals surface area contributed by atoms with Crippen molar-refractivity contribution in [2.75, 3.05) is 38.7 Å². The van der Waals surface area contributed by atoms with Gasteiger partial charge in [-0.15, -0.1) is 0 Å². The SMILES string of the molecule is CNC(=O)C1CN(OC)CCN1c1ncc(C)c(C)c1C. The molecule has 1 aromatic heterocycles. The third-order valence-corrected chi connectivity index (χ3v) is 4.29. The standard InChI is InChI=1S/C15H24N4O2/c1-10-8-17-14(12(3)11(10)2)19-7-6-18(21-5)9-13(19)15(20)16-4/h8,13H,6-7,9H2,1-5H3,(H,16,20). The molecule has 1 aliphatic rings. The molecule has 1 aromatic rings. The van der Waals surface area contributed by atoms with Gasteiger partial charge in [0.25, 0.3) is 0 Å². The van der Waals surface area contributed by atoms with Crippen LogP contribution < -0.4 is 10.2 Å². The molecule has 2 heterocycles. The molecular formula is C15H24N4O2. The number of hydroxylamine groups is 2. The molecule has 0 saturated carbocycles. The first-order chi connectivity index (χ1) is 9.99. The van der Waals surface area contributed by atoms with Crippen LogP contribution in [0.5, 0.6) is 0 Å². The molecule has 0 bridgehead atoms. The van der Waals surface area contributed by atoms with Crippen LogP contribution in [0.2, 0.25) is 0 Å². The molecule has 1 fully saturated rings. The highest BCUT2D eigenvalue weighted by Crippen LogP contribution is 2.26. The van der Waals surface area contributed by atoms with Gasteiger partial charge in [0.05, 0.1) is 13.7 Å². The molecule has 1 saturated heterocycles. The van der Waals surface area contributed by atoms with Gasteiger partial charge < -0.3 is 15.1 Å². The Balaban J connectivity index is 2.36. The number of carbonyl (C=O) groups excluding carboxylic acids is 1. The Bertz CT molecular complexity index is 533. The number of hydrogen-bond donors (Lipinski definition) is 1. The number of likely N-dealkylation sites (N-methyl/N-ethyl adjacent to an activating group) is 1. The van der Waals surface area contributed by atoms with Crippen LogP contribution >= 0.6 is 0 Å². The molecule has 0 spiro atoms. The molecular weight excluding hydrogens is 268 g/mol. The lowest BCUT2D eigenvalue weighted by atomic mass is 10.0. The summed E-state index contributed by atoms with van der Waals surface area (Å²) < 4.78 is 0. The third kappa shape index (κ3) is 3.01. The number of amides is 1. The number of aryl methyl sites for hydroxylation is 1. The Morgan fingerprint density at radius 1 is 1.33 bits per heavy atom. The number of nitrogens with one attached hydrogen (secondary N) is 1. The largest absolute Gasteiger partial charge is 0.357 e. The van der Waals surface area contributed by atoms with Crippen molar-refractivity contribution in [1.82, 2.24) is 15.4 Å². The molecule has 6 nitrogen and oxygen atoms in total. The molecule has 1 atom stereocenters. The maximum atomic E-state index is 12.2. The lowest BCUT2D eigenvalue weighted by Gasteiger charge is -2.40. The summed E-state index contributed by atoms with van der Waals surface area (Å²) in [6.45, 7) is 8.20. The molecule has 0 radical (unpaired) electrons. The first-order valence-corrected chi connectivity index (χ1v) is 7.19. The minimum absolute atomic E-state index is 0.0174. The number of nitrogens with zero attached hydrogens (tertiary/aromatic N) is 3. The highest BCUT2D eigenvalue weighted by Gasteiger charge is 2.33. The van der Waals surface area contributed by atoms with Crippen LogP contribution in [0.1, 0.15) is 16.7 Å². The lowest BCUT2D eigenvalue weighted by Crippen LogP contribution is -2.59. The summed E-state index contributed by atoms with van der Waals surface area (Å²) in [5, 5.41) is 4.55. The molecule has 116 valence electrons. The van der Waals surface area contributed by atoms with E-state index in [1.807, 2.05) is 11.3 Å². The highest BCUT2D eigenvalue weighted by molar-refractivity contribution is 5.85. The zero-order valence-corrected chi connectivity index (χ0v) is 13.4. The van der Waals surface area contributed by atoms with Crippen LogP contribution in [-0.4, -0.2) is 55.8 Å². The van der Waals surface area contributed by atoms with Gasteiger partial charge in [0.2, 0.25) is 5.91 Å². The zero-order valence-electron chi connectivity index (χ0n) is 13.4. The number of piperazine rings is 1. The van der Waals surface area contributed by atoms with Crippen LogP contribution in [0.15, 0.2) is 6.20 Å². The van der Waals surface area contributed by atoms with Crippen molar-refractivity contribution >= 4 is 11.7 Å². The molecule has 0 aromatic carbocycles. The van der Waals surface area contributed by atoms with Gasteiger partial charge in [0, 0.05) is 26.3 Å². The molecule has 6 heteroatoms. The maximum Gasteiger partial charge on any atom is 0.243 e. The minimum atomic E-state index is -0.294. The van der Waals surface area contributed by atoms with E-state index in [1.54, 1.807) is 14.2 Å². The summed E-state index contributed by atoms with van der Waals surface area (Å²) in [6, 6.07) is -0.294. The Morgan fingerprint density at radius 3 is 2.67 bits per heavy atom. The number of hydrogen-bond acceptors (Lipinski definition) is 5. The van der Waals surface area contributed by atoms with Crippen molar-refractivity contribution < 1.29 is 9.63 Å². The van der Waals surface area contributed by atoms with Crippen LogP contribution in [0.4, 0.5) is 5.82 Å². The Labute approximate surface area is 126 Å². The van der Waals surface area contributed by atoms with E-state index >= 15 is 0 Å². The highest BCUT2D eigenvalue weighted by atomic mass is 16.7. The van der Waals surface area contributed by atoms with Gasteiger partial charge in [-0.3, -0.25) is 4.79 Å². The maximum absolute atomic E-state index is 12.2. The zero-order chi connectivity index (χ0) is 15.6. The summed E-state index contributed by atoms with van der Waals surface area (Å²) in [7, 11) is 3.29. The first kappa shape index (κ1) is 15.7. The molecule has 1 N–H and O–H groups in total. The van der Waals surface area contributed by atoms with Crippen LogP contribution in [0.25, 0.3) is 0 Å². The number of pyridine rings is 1. The van der Waals surface area contributed by atoms with Gasteiger partial charge in [-0.25, -0.2) is 4.98 Å². The van der Waals surface area contributed by atoms with E-state index in [9.17, 15) is 4.79 Å². The fraction of sp³-hybridized carbons (Fsp3) is 0.600. The third-order valence-electron chi connectivity index (χ3n) is 4.29. The number of rotatable bonds is 3. The average Bonchev–Trinajstić information content (AvgIpc) is 2.51. The van der Waals surface area contributed by atoms with Crippen molar-refractivity contribution in [2.24, 2.45) is 0 Å². The molecule has 1 unspecified atom stereocenters. The first-order valence-electron chi connectivity index (χ1n) is 7.19. The summed E-state index contributed by atoms with van der Waals surface area (Å²) in [5.41, 5.74) is 3.53. The van der Waals surface area contributed by atoms with E-state index in [0.29, 0.717) is 13.1 Å². The second-order valence-electron chi connectivity index (χ2n) is 5.41. The predicted octanol–water partition coefficient (Wildman–Crippen LogP) is 0.805. The summed E-state index contributed by atoms with van der Waals surface area (Å²) in [4.78, 5) is 24.1. The Hall–Kier alpha value is -1.66. The molecule has 21 heavy (non-hydrogen) atoms. The molecule has 1 aliphatic heterocycles. The van der Waals surface area contributed by atoms with Crippen molar-refractivity contribution in [3.8, 4) is 0 Å². The Morgan fingerprint density at radius 2 is 2.05 bits per heavy atom.